The van der Waals surface area contributed by atoms with Crippen molar-refractivity contribution in [1.29, 1.82) is 0 Å². The summed E-state index contributed by atoms with van der Waals surface area (Å²) in [4.78, 5) is 3.99. The Labute approximate surface area is 136 Å². The van der Waals surface area contributed by atoms with Gasteiger partial charge < -0.3 is 9.47 Å². The SMILES string of the molecule is COC(COc1ccc(Cl)cc1)(Cn1cncn1)C(C)(C)C. The van der Waals surface area contributed by atoms with Crippen LogP contribution in [0.15, 0.2) is 36.9 Å². The van der Waals surface area contributed by atoms with Crippen molar-refractivity contribution in [2.75, 3.05) is 13.7 Å². The Morgan fingerprint density at radius 1 is 1.18 bits per heavy atom. The fraction of sp³-hybridized carbons (Fsp3) is 0.500. The van der Waals surface area contributed by atoms with E-state index in [0.717, 1.165) is 5.75 Å². The van der Waals surface area contributed by atoms with E-state index >= 15 is 0 Å². The third-order valence-electron chi connectivity index (χ3n) is 3.93. The van der Waals surface area contributed by atoms with Gasteiger partial charge in [-0.05, 0) is 29.7 Å². The monoisotopic (exact) mass is 323 g/mol. The molecule has 0 saturated heterocycles. The van der Waals surface area contributed by atoms with Crippen LogP contribution in [-0.4, -0.2) is 34.1 Å². The topological polar surface area (TPSA) is 49.2 Å². The molecule has 0 amide bonds. The largest absolute Gasteiger partial charge is 0.490 e. The van der Waals surface area contributed by atoms with E-state index in [0.29, 0.717) is 18.2 Å². The van der Waals surface area contributed by atoms with Crippen LogP contribution < -0.4 is 4.74 Å². The molecule has 0 spiro atoms. The number of nitrogens with zero attached hydrogens (tertiary/aromatic N) is 3. The molecule has 120 valence electrons. The number of hydrogen-bond donors (Lipinski definition) is 0. The lowest BCUT2D eigenvalue weighted by atomic mass is 9.76. The van der Waals surface area contributed by atoms with Gasteiger partial charge in [-0.15, -0.1) is 0 Å². The summed E-state index contributed by atoms with van der Waals surface area (Å²) in [5.41, 5.74) is -0.694. The molecule has 6 heteroatoms. The lowest BCUT2D eigenvalue weighted by Gasteiger charge is -2.43. The Morgan fingerprint density at radius 2 is 1.86 bits per heavy atom. The predicted octanol–water partition coefficient (Wildman–Crippen LogP) is 3.44. The number of rotatable bonds is 6. The first-order valence-corrected chi connectivity index (χ1v) is 7.50. The molecule has 22 heavy (non-hydrogen) atoms. The zero-order chi connectivity index (χ0) is 16.2. The molecule has 0 aliphatic rings. The van der Waals surface area contributed by atoms with Crippen LogP contribution in [0.4, 0.5) is 0 Å². The summed E-state index contributed by atoms with van der Waals surface area (Å²) in [6.07, 6.45) is 3.20. The third kappa shape index (κ3) is 3.78. The van der Waals surface area contributed by atoms with Crippen molar-refractivity contribution in [3.05, 3.63) is 41.9 Å². The predicted molar refractivity (Wildman–Crippen MR) is 86.2 cm³/mol. The third-order valence-corrected chi connectivity index (χ3v) is 4.18. The van der Waals surface area contributed by atoms with Crippen LogP contribution in [0.25, 0.3) is 0 Å². The van der Waals surface area contributed by atoms with Crippen LogP contribution in [0, 0.1) is 5.41 Å². The summed E-state index contributed by atoms with van der Waals surface area (Å²) < 4.78 is 13.6. The fourth-order valence-electron chi connectivity index (χ4n) is 2.24. The standard InChI is InChI=1S/C16H22ClN3O2/c1-15(2,3)16(21-4,9-20-12-18-11-19-20)10-22-14-7-5-13(17)6-8-14/h5-8,11-12H,9-10H2,1-4H3. The summed E-state index contributed by atoms with van der Waals surface area (Å²) in [5.74, 6) is 0.758. The van der Waals surface area contributed by atoms with Crippen molar-refractivity contribution < 1.29 is 9.47 Å². The van der Waals surface area contributed by atoms with E-state index in [1.165, 1.54) is 6.33 Å². The highest BCUT2D eigenvalue weighted by molar-refractivity contribution is 6.30. The molecule has 1 heterocycles. The lowest BCUT2D eigenvalue weighted by molar-refractivity contribution is -0.129. The molecule has 0 aliphatic carbocycles. The Hall–Kier alpha value is -1.59. The molecule has 5 nitrogen and oxygen atoms in total. The number of halogens is 1. The number of aromatic nitrogens is 3. The maximum absolute atomic E-state index is 5.95. The minimum absolute atomic E-state index is 0.153. The summed E-state index contributed by atoms with van der Waals surface area (Å²) in [6.45, 7) is 7.32. The van der Waals surface area contributed by atoms with Crippen LogP contribution in [0.3, 0.4) is 0 Å². The zero-order valence-corrected chi connectivity index (χ0v) is 14.2. The average Bonchev–Trinajstić information content (AvgIpc) is 2.96. The van der Waals surface area contributed by atoms with Crippen LogP contribution >= 0.6 is 11.6 Å². The Balaban J connectivity index is 2.18. The Morgan fingerprint density at radius 3 is 2.36 bits per heavy atom. The zero-order valence-electron chi connectivity index (χ0n) is 13.4. The Kier molecular flexibility index (Phi) is 5.08. The molecule has 2 aromatic rings. The van der Waals surface area contributed by atoms with Crippen molar-refractivity contribution in [1.82, 2.24) is 14.8 Å². The summed E-state index contributed by atoms with van der Waals surface area (Å²) >= 11 is 5.90. The van der Waals surface area contributed by atoms with Gasteiger partial charge >= 0.3 is 0 Å². The first kappa shape index (κ1) is 16.8. The molecule has 1 atom stereocenters. The second-order valence-corrected chi connectivity index (χ2v) is 6.72. The van der Waals surface area contributed by atoms with Crippen molar-refractivity contribution >= 4 is 11.6 Å². The molecule has 0 bridgehead atoms. The first-order valence-electron chi connectivity index (χ1n) is 7.12. The molecule has 1 unspecified atom stereocenters. The Bertz CT molecular complexity index is 578. The first-order chi connectivity index (χ1) is 10.4. The summed E-state index contributed by atoms with van der Waals surface area (Å²) in [7, 11) is 1.70. The van der Waals surface area contributed by atoms with Gasteiger partial charge in [0.2, 0.25) is 0 Å². The van der Waals surface area contributed by atoms with Crippen molar-refractivity contribution in [3.63, 3.8) is 0 Å². The summed E-state index contributed by atoms with van der Waals surface area (Å²) in [6, 6.07) is 7.31. The van der Waals surface area contributed by atoms with Gasteiger partial charge in [-0.25, -0.2) is 9.67 Å². The highest BCUT2D eigenvalue weighted by atomic mass is 35.5. The molecule has 0 N–H and O–H groups in total. The second kappa shape index (κ2) is 6.67. The van der Waals surface area contributed by atoms with E-state index in [1.54, 1.807) is 30.3 Å². The fourth-order valence-corrected chi connectivity index (χ4v) is 2.36. The van der Waals surface area contributed by atoms with Gasteiger partial charge in [-0.3, -0.25) is 0 Å². The average molecular weight is 324 g/mol. The van der Waals surface area contributed by atoms with Crippen LogP contribution in [-0.2, 0) is 11.3 Å². The van der Waals surface area contributed by atoms with Crippen molar-refractivity contribution in [3.8, 4) is 5.75 Å². The second-order valence-electron chi connectivity index (χ2n) is 6.28. The van der Waals surface area contributed by atoms with Crippen LogP contribution in [0.2, 0.25) is 5.02 Å². The molecule has 0 aliphatic heterocycles. The molecular formula is C16H22ClN3O2. The molecule has 0 radical (unpaired) electrons. The van der Waals surface area contributed by atoms with Gasteiger partial charge in [0.1, 0.15) is 30.6 Å². The highest BCUT2D eigenvalue weighted by Crippen LogP contribution is 2.35. The number of methoxy groups -OCH3 is 1. The molecule has 1 aromatic heterocycles. The van der Waals surface area contributed by atoms with Gasteiger partial charge in [0.05, 0.1) is 6.54 Å². The van der Waals surface area contributed by atoms with Gasteiger partial charge in [0.25, 0.3) is 0 Å². The van der Waals surface area contributed by atoms with E-state index in [4.69, 9.17) is 21.1 Å². The minimum Gasteiger partial charge on any atom is -0.490 e. The summed E-state index contributed by atoms with van der Waals surface area (Å²) in [5, 5.41) is 4.87. The van der Waals surface area contributed by atoms with Gasteiger partial charge in [0.15, 0.2) is 0 Å². The molecule has 0 saturated carbocycles. The maximum Gasteiger partial charge on any atom is 0.137 e. The molecular weight excluding hydrogens is 302 g/mol. The van der Waals surface area contributed by atoms with Crippen LogP contribution in [0.5, 0.6) is 5.75 Å². The number of benzene rings is 1. The van der Waals surface area contributed by atoms with E-state index in [-0.39, 0.29) is 5.41 Å². The van der Waals surface area contributed by atoms with E-state index in [1.807, 2.05) is 12.1 Å². The van der Waals surface area contributed by atoms with E-state index in [9.17, 15) is 0 Å². The number of ether oxygens (including phenoxy) is 2. The van der Waals surface area contributed by atoms with Gasteiger partial charge in [0, 0.05) is 12.1 Å². The van der Waals surface area contributed by atoms with Gasteiger partial charge in [-0.2, -0.15) is 5.10 Å². The normalized spacial score (nSPS) is 14.6. The van der Waals surface area contributed by atoms with Gasteiger partial charge in [-0.1, -0.05) is 32.4 Å². The molecule has 0 fully saturated rings. The van der Waals surface area contributed by atoms with E-state index < -0.39 is 5.60 Å². The van der Waals surface area contributed by atoms with Crippen molar-refractivity contribution in [2.45, 2.75) is 32.9 Å². The van der Waals surface area contributed by atoms with Crippen LogP contribution in [0.1, 0.15) is 20.8 Å². The highest BCUT2D eigenvalue weighted by Gasteiger charge is 2.44. The molecule has 1 aromatic carbocycles. The minimum atomic E-state index is -0.541. The lowest BCUT2D eigenvalue weighted by Crippen LogP contribution is -2.53. The molecule has 2 rings (SSSR count). The van der Waals surface area contributed by atoms with Crippen molar-refractivity contribution in [2.24, 2.45) is 5.41 Å². The quantitative estimate of drug-likeness (QED) is 0.817. The number of hydrogen-bond acceptors (Lipinski definition) is 4. The van der Waals surface area contributed by atoms with E-state index in [2.05, 4.69) is 30.9 Å². The smallest absolute Gasteiger partial charge is 0.137 e. The maximum atomic E-state index is 5.95.